The maximum absolute atomic E-state index is 11.0. The van der Waals surface area contributed by atoms with Crippen molar-refractivity contribution in [1.29, 1.82) is 0 Å². The predicted octanol–water partition coefficient (Wildman–Crippen LogP) is 3.86. The van der Waals surface area contributed by atoms with Crippen molar-refractivity contribution in [3.8, 4) is 11.5 Å². The summed E-state index contributed by atoms with van der Waals surface area (Å²) < 4.78 is 15.9. The number of hydrogen-bond donors (Lipinski definition) is 0. The summed E-state index contributed by atoms with van der Waals surface area (Å²) in [6, 6.07) is 5.40. The van der Waals surface area contributed by atoms with E-state index >= 15 is 0 Å². The van der Waals surface area contributed by atoms with Crippen molar-refractivity contribution >= 4 is 17.8 Å². The molecule has 0 N–H and O–H groups in total. The van der Waals surface area contributed by atoms with Crippen LogP contribution in [0.25, 0.3) is 12.2 Å². The summed E-state index contributed by atoms with van der Waals surface area (Å²) in [4.78, 5) is 10.5. The van der Waals surface area contributed by atoms with Gasteiger partial charge in [-0.1, -0.05) is 17.3 Å². The van der Waals surface area contributed by atoms with Crippen molar-refractivity contribution in [1.82, 2.24) is 5.16 Å². The van der Waals surface area contributed by atoms with Gasteiger partial charge in [-0.2, -0.15) is 0 Å². The minimum Gasteiger partial charge on any atom is -0.493 e. The molecule has 0 saturated heterocycles. The summed E-state index contributed by atoms with van der Waals surface area (Å²) in [5.41, 5.74) is 0.905. The molecule has 0 spiro atoms. The van der Waals surface area contributed by atoms with E-state index < -0.39 is 4.92 Å². The van der Waals surface area contributed by atoms with Gasteiger partial charge in [0.1, 0.15) is 0 Å². The van der Waals surface area contributed by atoms with Crippen molar-refractivity contribution in [2.75, 3.05) is 7.11 Å². The molecule has 0 amide bonds. The number of nitro groups is 1. The monoisotopic (exact) mass is 318 g/mol. The Bertz CT molecular complexity index is 734. The van der Waals surface area contributed by atoms with E-state index in [0.717, 1.165) is 5.56 Å². The molecule has 1 aromatic heterocycles. The van der Waals surface area contributed by atoms with Gasteiger partial charge in [0.15, 0.2) is 17.2 Å². The van der Waals surface area contributed by atoms with Crippen LogP contribution < -0.4 is 9.47 Å². The van der Waals surface area contributed by atoms with Crippen molar-refractivity contribution in [3.63, 3.8) is 0 Å². The second-order valence-electron chi connectivity index (χ2n) is 5.15. The largest absolute Gasteiger partial charge is 0.493 e. The van der Waals surface area contributed by atoms with Crippen molar-refractivity contribution in [3.05, 3.63) is 45.3 Å². The second kappa shape index (κ2) is 6.95. The van der Waals surface area contributed by atoms with Crippen LogP contribution in [0.4, 0.5) is 5.69 Å². The van der Waals surface area contributed by atoms with Gasteiger partial charge in [0.25, 0.3) is 0 Å². The fourth-order valence-electron chi connectivity index (χ4n) is 2.02. The third-order valence-electron chi connectivity index (χ3n) is 3.02. The Balaban J connectivity index is 2.28. The van der Waals surface area contributed by atoms with Crippen LogP contribution in [0.15, 0.2) is 22.7 Å². The van der Waals surface area contributed by atoms with Crippen LogP contribution in [0.2, 0.25) is 0 Å². The molecular weight excluding hydrogens is 300 g/mol. The molecule has 122 valence electrons. The molecule has 0 saturated carbocycles. The molecule has 0 atom stereocenters. The molecular formula is C16H18N2O5. The lowest BCUT2D eigenvalue weighted by atomic mass is 10.1. The third-order valence-corrected chi connectivity index (χ3v) is 3.02. The molecule has 23 heavy (non-hydrogen) atoms. The minimum atomic E-state index is -0.508. The second-order valence-corrected chi connectivity index (χ2v) is 5.15. The summed E-state index contributed by atoms with van der Waals surface area (Å²) >= 11 is 0. The number of aromatic nitrogens is 1. The average molecular weight is 318 g/mol. The van der Waals surface area contributed by atoms with Crippen LogP contribution >= 0.6 is 0 Å². The summed E-state index contributed by atoms with van der Waals surface area (Å²) in [5.74, 6) is 1.33. The number of benzene rings is 1. The fraction of sp³-hybridized carbons (Fsp3) is 0.312. The van der Waals surface area contributed by atoms with E-state index in [4.69, 9.17) is 14.0 Å². The van der Waals surface area contributed by atoms with E-state index in [-0.39, 0.29) is 23.2 Å². The first-order chi connectivity index (χ1) is 10.9. The number of ether oxygens (including phenoxy) is 2. The van der Waals surface area contributed by atoms with E-state index in [2.05, 4.69) is 5.16 Å². The van der Waals surface area contributed by atoms with Crippen LogP contribution in [0, 0.1) is 17.0 Å². The zero-order valence-corrected chi connectivity index (χ0v) is 13.4. The Kier molecular flexibility index (Phi) is 5.00. The van der Waals surface area contributed by atoms with E-state index in [0.29, 0.717) is 11.5 Å². The molecule has 0 aliphatic heterocycles. The van der Waals surface area contributed by atoms with Crippen molar-refractivity contribution in [2.24, 2.45) is 0 Å². The van der Waals surface area contributed by atoms with Gasteiger partial charge in [-0.3, -0.25) is 10.1 Å². The molecule has 7 nitrogen and oxygen atoms in total. The Morgan fingerprint density at radius 2 is 2.04 bits per heavy atom. The Morgan fingerprint density at radius 1 is 1.30 bits per heavy atom. The number of aryl methyl sites for hydroxylation is 1. The highest BCUT2D eigenvalue weighted by Crippen LogP contribution is 2.30. The molecule has 0 fully saturated rings. The summed E-state index contributed by atoms with van der Waals surface area (Å²) in [5, 5.41) is 14.6. The van der Waals surface area contributed by atoms with Crippen LogP contribution in [0.3, 0.4) is 0 Å². The van der Waals surface area contributed by atoms with Crippen LogP contribution in [-0.2, 0) is 0 Å². The highest BCUT2D eigenvalue weighted by molar-refractivity contribution is 5.72. The van der Waals surface area contributed by atoms with E-state index in [1.54, 1.807) is 25.3 Å². The average Bonchev–Trinajstić information content (AvgIpc) is 2.86. The molecule has 2 aromatic rings. The maximum atomic E-state index is 11.0. The molecule has 0 aliphatic rings. The highest BCUT2D eigenvalue weighted by atomic mass is 16.6. The number of rotatable bonds is 6. The van der Waals surface area contributed by atoms with Gasteiger partial charge in [0, 0.05) is 0 Å². The molecule has 1 aromatic carbocycles. The Morgan fingerprint density at radius 3 is 2.65 bits per heavy atom. The standard InChI is InChI=1S/C16H18N2O5/c1-10(2)22-13-7-5-12(9-15(13)21-4)6-8-14-16(18(19)20)11(3)17-23-14/h5-10H,1-4H3/b8-6+. The zero-order valence-electron chi connectivity index (χ0n) is 13.4. The predicted molar refractivity (Wildman–Crippen MR) is 85.6 cm³/mol. The first-order valence-corrected chi connectivity index (χ1v) is 7.05. The molecule has 0 bridgehead atoms. The molecule has 1 heterocycles. The van der Waals surface area contributed by atoms with Crippen LogP contribution in [0.1, 0.15) is 30.9 Å². The van der Waals surface area contributed by atoms with Gasteiger partial charge < -0.3 is 14.0 Å². The van der Waals surface area contributed by atoms with E-state index in [1.807, 2.05) is 19.9 Å². The number of nitrogens with zero attached hydrogens (tertiary/aromatic N) is 2. The van der Waals surface area contributed by atoms with E-state index in [1.165, 1.54) is 13.0 Å². The number of hydrogen-bond acceptors (Lipinski definition) is 6. The maximum Gasteiger partial charge on any atom is 0.338 e. The number of methoxy groups -OCH3 is 1. The topological polar surface area (TPSA) is 87.6 Å². The quantitative estimate of drug-likeness (QED) is 0.593. The normalized spacial score (nSPS) is 11.2. The lowest BCUT2D eigenvalue weighted by Crippen LogP contribution is -2.06. The van der Waals surface area contributed by atoms with E-state index in [9.17, 15) is 10.1 Å². The SMILES string of the molecule is COc1cc(/C=C/c2onc(C)c2[N+](=O)[O-])ccc1OC(C)C. The zero-order chi connectivity index (χ0) is 17.0. The van der Waals surface area contributed by atoms with Gasteiger partial charge in [-0.25, -0.2) is 0 Å². The molecule has 0 aliphatic carbocycles. The van der Waals surface area contributed by atoms with Gasteiger partial charge >= 0.3 is 5.69 Å². The Hall–Kier alpha value is -2.83. The summed E-state index contributed by atoms with van der Waals surface area (Å²) in [6.07, 6.45) is 3.23. The Labute approximate surface area is 133 Å². The van der Waals surface area contributed by atoms with Gasteiger partial charge in [-0.15, -0.1) is 0 Å². The van der Waals surface area contributed by atoms with Gasteiger partial charge in [-0.05, 0) is 44.5 Å². The van der Waals surface area contributed by atoms with Crippen LogP contribution in [-0.4, -0.2) is 23.3 Å². The first kappa shape index (κ1) is 16.5. The summed E-state index contributed by atoms with van der Waals surface area (Å²) in [7, 11) is 1.56. The fourth-order valence-corrected chi connectivity index (χ4v) is 2.02. The third kappa shape index (κ3) is 3.88. The molecule has 0 radical (unpaired) electrons. The van der Waals surface area contributed by atoms with Gasteiger partial charge in [0.2, 0.25) is 5.76 Å². The molecule has 7 heteroatoms. The first-order valence-electron chi connectivity index (χ1n) is 7.05. The minimum absolute atomic E-state index is 0.0325. The summed E-state index contributed by atoms with van der Waals surface area (Å²) in [6.45, 7) is 5.39. The lowest BCUT2D eigenvalue weighted by molar-refractivity contribution is -0.386. The van der Waals surface area contributed by atoms with Gasteiger partial charge in [0.05, 0.1) is 18.1 Å². The van der Waals surface area contributed by atoms with Crippen molar-refractivity contribution < 1.29 is 18.9 Å². The lowest BCUT2D eigenvalue weighted by Gasteiger charge is -2.13. The van der Waals surface area contributed by atoms with Crippen molar-refractivity contribution in [2.45, 2.75) is 26.9 Å². The smallest absolute Gasteiger partial charge is 0.338 e. The molecule has 2 rings (SSSR count). The van der Waals surface area contributed by atoms with Crippen LogP contribution in [0.5, 0.6) is 11.5 Å². The molecule has 0 unspecified atom stereocenters. The highest BCUT2D eigenvalue weighted by Gasteiger charge is 2.21.